The SMILES string of the molecule is CSC1=C(SC)SC(=C2SC3=C(SC(=CC(C=C4SC5=C(S4)SC(=C4SC(SC)=C(SC)S4)S5)=C4SC(C)=C(C)S4)S3)S2)S1. The van der Waals surface area contributed by atoms with E-state index in [-0.39, 0.29) is 0 Å². The summed E-state index contributed by atoms with van der Waals surface area (Å²) >= 11 is 35.0. The minimum Gasteiger partial charge on any atom is -0.121 e. The van der Waals surface area contributed by atoms with Crippen molar-refractivity contribution in [2.75, 3.05) is 25.0 Å². The Bertz CT molecular complexity index is 1460. The molecule has 0 bridgehead atoms. The Hall–Kier alpha value is 3.70. The highest BCUT2D eigenvalue weighted by Gasteiger charge is 2.36. The van der Waals surface area contributed by atoms with E-state index in [4.69, 9.17) is 0 Å². The number of rotatable bonds is 6. The lowest BCUT2D eigenvalue weighted by Gasteiger charge is -2.09. The van der Waals surface area contributed by atoms with Crippen LogP contribution in [0.5, 0.6) is 0 Å². The highest BCUT2D eigenvalue weighted by molar-refractivity contribution is 8.51. The molecule has 44 heavy (non-hydrogen) atoms. The van der Waals surface area contributed by atoms with Crippen LogP contribution in [0.15, 0.2) is 91.1 Å². The van der Waals surface area contributed by atoms with E-state index >= 15 is 0 Å². The van der Waals surface area contributed by atoms with Crippen LogP contribution in [0, 0.1) is 0 Å². The van der Waals surface area contributed by atoms with Crippen LogP contribution >= 0.6 is 212 Å². The molecule has 0 radical (unpaired) electrons. The van der Waals surface area contributed by atoms with Crippen molar-refractivity contribution in [1.82, 2.24) is 0 Å². The summed E-state index contributed by atoms with van der Waals surface area (Å²) in [5, 5.41) is 0. The normalized spacial score (nSPS) is 23.8. The van der Waals surface area contributed by atoms with Crippen LogP contribution in [0.25, 0.3) is 0 Å². The predicted octanol–water partition coefficient (Wildman–Crippen LogP) is 16.7. The highest BCUT2D eigenvalue weighted by Crippen LogP contribution is 2.72. The molecule has 0 fully saturated rings. The second-order valence-corrected chi connectivity index (χ2v) is 30.4. The first-order valence-electron chi connectivity index (χ1n) is 12.3. The van der Waals surface area contributed by atoms with Crippen LogP contribution in [-0.2, 0) is 0 Å². The van der Waals surface area contributed by atoms with Gasteiger partial charge in [0.15, 0.2) is 0 Å². The topological polar surface area (TPSA) is 0 Å². The molecule has 0 spiro atoms. The van der Waals surface area contributed by atoms with E-state index in [2.05, 4.69) is 51.0 Å². The number of hydrogen-bond donors (Lipinski definition) is 0. The maximum atomic E-state index is 2.46. The Morgan fingerprint density at radius 3 is 0.955 bits per heavy atom. The van der Waals surface area contributed by atoms with E-state index in [9.17, 15) is 0 Å². The molecule has 7 heterocycles. The van der Waals surface area contributed by atoms with Gasteiger partial charge in [0.05, 0.1) is 63.6 Å². The fourth-order valence-electron chi connectivity index (χ4n) is 3.67. The van der Waals surface area contributed by atoms with Gasteiger partial charge in [0, 0.05) is 0 Å². The van der Waals surface area contributed by atoms with Gasteiger partial charge >= 0.3 is 0 Å². The number of thioether (sulfide) groups is 18. The Balaban J connectivity index is 1.05. The van der Waals surface area contributed by atoms with Gasteiger partial charge in [0.2, 0.25) is 0 Å². The van der Waals surface area contributed by atoms with Gasteiger partial charge in [-0.25, -0.2) is 0 Å². The second-order valence-electron chi connectivity index (χ2n) is 8.48. The average molecular weight is 910 g/mol. The lowest BCUT2D eigenvalue weighted by molar-refractivity contribution is 1.57. The van der Waals surface area contributed by atoms with Gasteiger partial charge in [-0.15, -0.1) is 47.0 Å². The van der Waals surface area contributed by atoms with Crippen molar-refractivity contribution in [3.63, 3.8) is 0 Å². The van der Waals surface area contributed by atoms with E-state index in [0.29, 0.717) is 0 Å². The third kappa shape index (κ3) is 7.87. The largest absolute Gasteiger partial charge is 0.121 e. The summed E-state index contributed by atoms with van der Waals surface area (Å²) < 4.78 is 21.6. The van der Waals surface area contributed by atoms with Crippen molar-refractivity contribution in [3.8, 4) is 0 Å². The molecule has 0 aromatic carbocycles. The summed E-state index contributed by atoms with van der Waals surface area (Å²) in [6.07, 6.45) is 13.7. The zero-order valence-corrected chi connectivity index (χ0v) is 38.2. The van der Waals surface area contributed by atoms with Crippen LogP contribution in [0.3, 0.4) is 0 Å². The molecule has 0 nitrogen and oxygen atoms in total. The molecule has 18 heteroatoms. The summed E-state index contributed by atoms with van der Waals surface area (Å²) in [7, 11) is 0. The molecule has 0 aromatic heterocycles. The van der Waals surface area contributed by atoms with Crippen molar-refractivity contribution >= 4 is 212 Å². The van der Waals surface area contributed by atoms with Gasteiger partial charge in [0.25, 0.3) is 0 Å². The monoisotopic (exact) mass is 908 g/mol. The highest BCUT2D eigenvalue weighted by atomic mass is 32.3. The second kappa shape index (κ2) is 16.2. The third-order valence-electron chi connectivity index (χ3n) is 5.77. The van der Waals surface area contributed by atoms with Crippen molar-refractivity contribution < 1.29 is 0 Å². The Labute approximate surface area is 336 Å². The maximum absolute atomic E-state index is 2.46. The fourth-order valence-corrected chi connectivity index (χ4v) is 29.3. The van der Waals surface area contributed by atoms with E-state index in [1.807, 2.05) is 212 Å². The Morgan fingerprint density at radius 1 is 0.386 bits per heavy atom. The average Bonchev–Trinajstić information content (AvgIpc) is 3.84. The van der Waals surface area contributed by atoms with Crippen molar-refractivity contribution in [1.29, 1.82) is 0 Å². The van der Waals surface area contributed by atoms with Crippen molar-refractivity contribution in [2.45, 2.75) is 13.8 Å². The van der Waals surface area contributed by atoms with Gasteiger partial charge in [0.1, 0.15) is 0 Å². The number of hydrogen-bond acceptors (Lipinski definition) is 18. The van der Waals surface area contributed by atoms with E-state index < -0.39 is 0 Å². The molecule has 0 atom stereocenters. The van der Waals surface area contributed by atoms with Gasteiger partial charge in [-0.1, -0.05) is 165 Å². The predicted molar refractivity (Wildman–Crippen MR) is 244 cm³/mol. The van der Waals surface area contributed by atoms with Crippen LogP contribution in [0.4, 0.5) is 0 Å². The van der Waals surface area contributed by atoms with Gasteiger partial charge < -0.3 is 0 Å². The molecule has 7 aliphatic heterocycles. The smallest absolute Gasteiger partial charge is 0.0718 e. The first kappa shape index (κ1) is 36.1. The van der Waals surface area contributed by atoms with Crippen LogP contribution in [0.1, 0.15) is 13.8 Å². The molecule has 7 aliphatic rings. The molecule has 0 saturated carbocycles. The molecule has 0 amide bonds. The van der Waals surface area contributed by atoms with Crippen LogP contribution in [0.2, 0.25) is 0 Å². The Morgan fingerprint density at radius 2 is 0.659 bits per heavy atom. The lowest BCUT2D eigenvalue weighted by atomic mass is 10.3. The maximum Gasteiger partial charge on any atom is 0.0718 e. The van der Waals surface area contributed by atoms with Gasteiger partial charge in [-0.05, 0) is 66.4 Å². The fraction of sp³-hybridized carbons (Fsp3) is 0.231. The Kier molecular flexibility index (Phi) is 13.2. The summed E-state index contributed by atoms with van der Waals surface area (Å²) in [6.45, 7) is 4.51. The van der Waals surface area contributed by atoms with Crippen molar-refractivity contribution in [2.24, 2.45) is 0 Å². The number of allylic oxidation sites excluding steroid dienone is 5. The molecule has 0 aromatic rings. The van der Waals surface area contributed by atoms with Gasteiger partial charge in [-0.3, -0.25) is 0 Å². The molecule has 0 unspecified atom stereocenters. The zero-order chi connectivity index (χ0) is 30.5. The molecule has 0 N–H and O–H groups in total. The molecule has 232 valence electrons. The summed E-state index contributed by atoms with van der Waals surface area (Å²) in [5.74, 6) is 0. The molecule has 7 rings (SSSR count). The molecular formula is C26H20S18. The summed E-state index contributed by atoms with van der Waals surface area (Å²) in [4.78, 5) is 2.85. The molecular weight excluding hydrogens is 889 g/mol. The zero-order valence-electron chi connectivity index (χ0n) is 23.5. The summed E-state index contributed by atoms with van der Waals surface area (Å²) in [5.41, 5.74) is 1.35. The van der Waals surface area contributed by atoms with Crippen molar-refractivity contribution in [3.05, 3.63) is 91.1 Å². The van der Waals surface area contributed by atoms with E-state index in [1.165, 1.54) is 78.9 Å². The third-order valence-corrected chi connectivity index (χ3v) is 30.9. The van der Waals surface area contributed by atoms with Crippen LogP contribution < -0.4 is 0 Å². The standard InChI is InChI=1S/C26H20S18/c1-9-10(2)32-14(31-9)11(7-12-33-19-20(34-12)42-25(41-19)23-37-15(27-3)16(28-4)38-23)8-13-35-21-22(36-13)44-26(43-21)24-39-17(29-5)18(30-6)40-24/h7-8H,1-6H3. The van der Waals surface area contributed by atoms with E-state index in [1.54, 1.807) is 0 Å². The molecule has 0 saturated heterocycles. The van der Waals surface area contributed by atoms with E-state index in [0.717, 1.165) is 0 Å². The quantitative estimate of drug-likeness (QED) is 0.248. The first-order chi connectivity index (χ1) is 21.3. The van der Waals surface area contributed by atoms with Crippen LogP contribution in [-0.4, -0.2) is 25.0 Å². The lowest BCUT2D eigenvalue weighted by Crippen LogP contribution is -1.80. The minimum atomic E-state index is 1.35. The minimum absolute atomic E-state index is 1.35. The summed E-state index contributed by atoms with van der Waals surface area (Å²) in [6, 6.07) is 0. The van der Waals surface area contributed by atoms with Gasteiger partial charge in [-0.2, -0.15) is 0 Å². The molecule has 0 aliphatic carbocycles. The first-order valence-corrected chi connectivity index (χ1v) is 28.6.